The number of hydrogen-bond acceptors (Lipinski definition) is 6. The van der Waals surface area contributed by atoms with E-state index in [9.17, 15) is 9.59 Å². The van der Waals surface area contributed by atoms with Crippen molar-refractivity contribution in [3.8, 4) is 0 Å². The molecule has 2 unspecified atom stereocenters. The van der Waals surface area contributed by atoms with Gasteiger partial charge in [-0.25, -0.2) is 4.79 Å². The van der Waals surface area contributed by atoms with Crippen LogP contribution < -0.4 is 5.32 Å². The molecule has 0 aromatic carbocycles. The largest absolute Gasteiger partial charge is 0.460 e. The number of nitrogens with zero attached hydrogens (tertiary/aromatic N) is 1. The van der Waals surface area contributed by atoms with Gasteiger partial charge >= 0.3 is 12.1 Å². The van der Waals surface area contributed by atoms with Crippen LogP contribution in [-0.4, -0.2) is 60.6 Å². The van der Waals surface area contributed by atoms with E-state index in [1.807, 2.05) is 39.6 Å². The number of esters is 1. The van der Waals surface area contributed by atoms with Crippen molar-refractivity contribution in [2.45, 2.75) is 71.8 Å². The number of alkyl carbamates (subject to hydrolysis) is 1. The van der Waals surface area contributed by atoms with E-state index in [4.69, 9.17) is 14.2 Å². The fourth-order valence-electron chi connectivity index (χ4n) is 2.58. The maximum Gasteiger partial charge on any atom is 0.409 e. The molecule has 25 heavy (non-hydrogen) atoms. The Hall–Kier alpha value is -1.34. The van der Waals surface area contributed by atoms with Crippen LogP contribution in [0.5, 0.6) is 0 Å². The lowest BCUT2D eigenvalue weighted by molar-refractivity contribution is -0.157. The van der Waals surface area contributed by atoms with Crippen LogP contribution in [0.1, 0.15) is 54.9 Å². The molecule has 1 saturated carbocycles. The number of carbonyl (C=O) groups is 2. The van der Waals surface area contributed by atoms with Gasteiger partial charge in [-0.2, -0.15) is 0 Å². The van der Waals surface area contributed by atoms with Crippen molar-refractivity contribution in [1.82, 2.24) is 10.2 Å². The Balaban J connectivity index is 2.83. The third kappa shape index (κ3) is 6.82. The number of likely N-dealkylation sites (N-methyl/N-ethyl adjacent to an activating group) is 1. The lowest BCUT2D eigenvalue weighted by Gasteiger charge is -2.31. The van der Waals surface area contributed by atoms with Gasteiger partial charge in [-0.15, -0.1) is 0 Å². The Bertz CT molecular complexity index is 481. The molecule has 7 nitrogen and oxygen atoms in total. The van der Waals surface area contributed by atoms with E-state index in [-0.39, 0.29) is 5.97 Å². The van der Waals surface area contributed by atoms with Crippen LogP contribution in [0.15, 0.2) is 0 Å². The van der Waals surface area contributed by atoms with Crippen molar-refractivity contribution >= 4 is 12.1 Å². The molecule has 0 aromatic heterocycles. The van der Waals surface area contributed by atoms with Gasteiger partial charge in [-0.05, 0) is 55.5 Å². The normalized spacial score (nSPS) is 23.3. The monoisotopic (exact) mass is 358 g/mol. The van der Waals surface area contributed by atoms with E-state index in [0.717, 1.165) is 0 Å². The predicted octanol–water partition coefficient (Wildman–Crippen LogP) is 2.54. The second-order valence-electron chi connectivity index (χ2n) is 8.46. The van der Waals surface area contributed by atoms with Crippen molar-refractivity contribution in [3.63, 3.8) is 0 Å². The summed E-state index contributed by atoms with van der Waals surface area (Å²) >= 11 is 0. The van der Waals surface area contributed by atoms with Gasteiger partial charge in [0.15, 0.2) is 0 Å². The van der Waals surface area contributed by atoms with Crippen LogP contribution in [0.4, 0.5) is 4.79 Å². The Morgan fingerprint density at radius 2 is 1.68 bits per heavy atom. The molecular weight excluding hydrogens is 324 g/mol. The molecule has 0 heterocycles. The number of carbonyl (C=O) groups excluding carboxylic acids is 2. The maximum absolute atomic E-state index is 12.5. The van der Waals surface area contributed by atoms with E-state index in [1.165, 1.54) is 0 Å². The lowest BCUT2D eigenvalue weighted by atomic mass is 10.2. The first-order chi connectivity index (χ1) is 11.3. The summed E-state index contributed by atoms with van der Waals surface area (Å²) in [7, 11) is 1.86. The molecule has 0 radical (unpaired) electrons. The minimum atomic E-state index is -0.790. The molecule has 1 N–H and O–H groups in total. The van der Waals surface area contributed by atoms with Gasteiger partial charge in [0, 0.05) is 19.6 Å². The van der Waals surface area contributed by atoms with Crippen LogP contribution in [0, 0.1) is 5.92 Å². The zero-order valence-electron chi connectivity index (χ0n) is 16.9. The molecule has 0 aliphatic heterocycles. The molecule has 0 bridgehead atoms. The van der Waals surface area contributed by atoms with Crippen LogP contribution in [0.2, 0.25) is 0 Å². The molecule has 7 heteroatoms. The van der Waals surface area contributed by atoms with Gasteiger partial charge in [0.05, 0.1) is 12.5 Å². The first-order valence-corrected chi connectivity index (χ1v) is 8.84. The third-order valence-electron chi connectivity index (χ3n) is 3.80. The molecule has 2 atom stereocenters. The number of ether oxygens (including phenoxy) is 3. The zero-order valence-corrected chi connectivity index (χ0v) is 16.9. The first-order valence-electron chi connectivity index (χ1n) is 8.84. The van der Waals surface area contributed by atoms with Crippen LogP contribution in [0.25, 0.3) is 0 Å². The van der Waals surface area contributed by atoms with E-state index < -0.39 is 28.9 Å². The Kier molecular flexibility index (Phi) is 6.87. The summed E-state index contributed by atoms with van der Waals surface area (Å²) in [5.74, 6) is -0.738. The molecule has 1 rings (SSSR count). The summed E-state index contributed by atoms with van der Waals surface area (Å²) in [5, 5.41) is 2.88. The minimum Gasteiger partial charge on any atom is -0.460 e. The highest BCUT2D eigenvalue weighted by Crippen LogP contribution is 2.47. The molecular formula is C18H34N2O5. The summed E-state index contributed by atoms with van der Waals surface area (Å²) in [5.41, 5.74) is -1.96. The van der Waals surface area contributed by atoms with E-state index in [0.29, 0.717) is 26.2 Å². The number of nitrogens with one attached hydrogen (secondary N) is 1. The molecule has 0 aromatic rings. The van der Waals surface area contributed by atoms with E-state index in [2.05, 4.69) is 5.32 Å². The van der Waals surface area contributed by atoms with Gasteiger partial charge in [0.1, 0.15) is 16.9 Å². The van der Waals surface area contributed by atoms with Gasteiger partial charge in [0.2, 0.25) is 0 Å². The zero-order chi connectivity index (χ0) is 19.5. The minimum absolute atomic E-state index is 0.313. The standard InChI is InChI=1S/C18H34N2O5/c1-9-23-11-10-20(8)18(19-15(22)25-17(5,6)7)12-13(18)14(21)24-16(2,3)4/h13H,9-12H2,1-8H3,(H,19,22). The molecule has 1 aliphatic carbocycles. The molecule has 1 fully saturated rings. The Labute approximate surface area is 151 Å². The first kappa shape index (κ1) is 21.7. The average molecular weight is 358 g/mol. The summed E-state index contributed by atoms with van der Waals surface area (Å²) in [4.78, 5) is 26.7. The average Bonchev–Trinajstić information content (AvgIpc) is 3.10. The molecule has 0 spiro atoms. The van der Waals surface area contributed by atoms with Crippen molar-refractivity contribution in [1.29, 1.82) is 0 Å². The lowest BCUT2D eigenvalue weighted by Crippen LogP contribution is -2.53. The summed E-state index contributed by atoms with van der Waals surface area (Å²) in [6, 6.07) is 0. The highest BCUT2D eigenvalue weighted by molar-refractivity contribution is 5.81. The predicted molar refractivity (Wildman–Crippen MR) is 95.2 cm³/mol. The maximum atomic E-state index is 12.5. The molecule has 0 saturated heterocycles. The van der Waals surface area contributed by atoms with Crippen LogP contribution in [-0.2, 0) is 19.0 Å². The van der Waals surface area contributed by atoms with Crippen molar-refractivity contribution in [2.75, 3.05) is 26.8 Å². The number of rotatable bonds is 7. The summed E-state index contributed by atoms with van der Waals surface area (Å²) < 4.78 is 16.2. The SMILES string of the molecule is CCOCCN(C)C1(NC(=O)OC(C)(C)C)CC1C(=O)OC(C)(C)C. The van der Waals surface area contributed by atoms with Gasteiger partial charge < -0.3 is 19.5 Å². The van der Waals surface area contributed by atoms with Crippen molar-refractivity contribution in [2.24, 2.45) is 5.92 Å². The second kappa shape index (κ2) is 7.91. The van der Waals surface area contributed by atoms with E-state index in [1.54, 1.807) is 20.8 Å². The third-order valence-corrected chi connectivity index (χ3v) is 3.80. The fourth-order valence-corrected chi connectivity index (χ4v) is 2.58. The molecule has 1 aliphatic rings. The number of hydrogen-bond donors (Lipinski definition) is 1. The molecule has 1 amide bonds. The Morgan fingerprint density at radius 3 is 2.16 bits per heavy atom. The highest BCUT2D eigenvalue weighted by Gasteiger charge is 2.63. The smallest absolute Gasteiger partial charge is 0.409 e. The van der Waals surface area contributed by atoms with Crippen molar-refractivity contribution in [3.05, 3.63) is 0 Å². The Morgan fingerprint density at radius 1 is 1.12 bits per heavy atom. The molecule has 146 valence electrons. The van der Waals surface area contributed by atoms with E-state index >= 15 is 0 Å². The second-order valence-corrected chi connectivity index (χ2v) is 8.46. The highest BCUT2D eigenvalue weighted by atomic mass is 16.6. The van der Waals surface area contributed by atoms with Crippen LogP contribution in [0.3, 0.4) is 0 Å². The van der Waals surface area contributed by atoms with Crippen LogP contribution >= 0.6 is 0 Å². The topological polar surface area (TPSA) is 77.1 Å². The number of amides is 1. The summed E-state index contributed by atoms with van der Waals surface area (Å²) in [6.07, 6.45) is -0.0501. The summed E-state index contributed by atoms with van der Waals surface area (Å²) in [6.45, 7) is 14.5. The van der Waals surface area contributed by atoms with Gasteiger partial charge in [0.25, 0.3) is 0 Å². The quantitative estimate of drug-likeness (QED) is 0.428. The fraction of sp³-hybridized carbons (Fsp3) is 0.889. The van der Waals surface area contributed by atoms with Crippen molar-refractivity contribution < 1.29 is 23.8 Å². The van der Waals surface area contributed by atoms with Gasteiger partial charge in [-0.1, -0.05) is 0 Å². The van der Waals surface area contributed by atoms with Gasteiger partial charge in [-0.3, -0.25) is 9.69 Å².